The van der Waals surface area contributed by atoms with Gasteiger partial charge in [-0.05, 0) is 36.2 Å². The Kier molecular flexibility index (Phi) is 4.98. The summed E-state index contributed by atoms with van der Waals surface area (Å²) in [4.78, 5) is -0.154. The zero-order chi connectivity index (χ0) is 17.0. The van der Waals surface area contributed by atoms with Crippen molar-refractivity contribution in [1.29, 1.82) is 5.26 Å². The molecule has 0 saturated heterocycles. The third-order valence-electron chi connectivity index (χ3n) is 3.21. The summed E-state index contributed by atoms with van der Waals surface area (Å²) in [5, 5.41) is 13.8. The molecular formula is C16H15FN2O3S. The van der Waals surface area contributed by atoms with Gasteiger partial charge in [-0.15, -0.1) is 0 Å². The first kappa shape index (κ1) is 16.9. The van der Waals surface area contributed by atoms with Crippen molar-refractivity contribution in [3.8, 4) is 22.9 Å². The van der Waals surface area contributed by atoms with Crippen LogP contribution >= 0.6 is 0 Å². The lowest BCUT2D eigenvalue weighted by atomic mass is 10.0. The Labute approximate surface area is 134 Å². The van der Waals surface area contributed by atoms with Crippen molar-refractivity contribution >= 4 is 10.0 Å². The van der Waals surface area contributed by atoms with Gasteiger partial charge in [0.25, 0.3) is 0 Å². The molecule has 2 N–H and O–H groups in total. The van der Waals surface area contributed by atoms with Crippen molar-refractivity contribution in [3.63, 3.8) is 0 Å². The molecule has 0 aliphatic heterocycles. The Morgan fingerprint density at radius 3 is 2.43 bits per heavy atom. The van der Waals surface area contributed by atoms with E-state index in [1.807, 2.05) is 6.07 Å². The average Bonchev–Trinajstić information content (AvgIpc) is 2.49. The largest absolute Gasteiger partial charge is 0.492 e. The van der Waals surface area contributed by atoms with Crippen molar-refractivity contribution in [1.82, 2.24) is 0 Å². The first-order valence-corrected chi connectivity index (χ1v) is 8.37. The van der Waals surface area contributed by atoms with Crippen molar-refractivity contribution in [2.75, 3.05) is 6.61 Å². The van der Waals surface area contributed by atoms with Crippen LogP contribution in [0.15, 0.2) is 41.3 Å². The van der Waals surface area contributed by atoms with Crippen LogP contribution < -0.4 is 9.88 Å². The van der Waals surface area contributed by atoms with Crippen molar-refractivity contribution < 1.29 is 17.5 Å². The number of nitrogens with two attached hydrogens (primary N) is 1. The molecule has 0 heterocycles. The van der Waals surface area contributed by atoms with Crippen LogP contribution in [-0.4, -0.2) is 15.0 Å². The van der Waals surface area contributed by atoms with Crippen LogP contribution in [0.3, 0.4) is 0 Å². The number of nitriles is 1. The van der Waals surface area contributed by atoms with E-state index in [1.165, 1.54) is 24.3 Å². The molecule has 2 aromatic carbocycles. The van der Waals surface area contributed by atoms with E-state index in [9.17, 15) is 12.8 Å². The number of ether oxygens (including phenoxy) is 1. The summed E-state index contributed by atoms with van der Waals surface area (Å²) in [6.07, 6.45) is -0.0299. The zero-order valence-electron chi connectivity index (χ0n) is 12.4. The quantitative estimate of drug-likeness (QED) is 0.909. The molecule has 2 aromatic rings. The summed E-state index contributed by atoms with van der Waals surface area (Å²) in [6.45, 7) is 2.02. The minimum absolute atomic E-state index is 0.0299. The van der Waals surface area contributed by atoms with Gasteiger partial charge in [0.15, 0.2) is 0 Å². The maximum atomic E-state index is 13.9. The highest BCUT2D eigenvalue weighted by Gasteiger charge is 2.17. The number of halogens is 1. The molecule has 2 rings (SSSR count). The minimum Gasteiger partial charge on any atom is -0.492 e. The predicted octanol–water partition coefficient (Wildman–Crippen LogP) is 2.60. The third kappa shape index (κ3) is 3.86. The Hall–Kier alpha value is -2.43. The predicted molar refractivity (Wildman–Crippen MR) is 83.7 cm³/mol. The molecule has 5 nitrogen and oxygen atoms in total. The van der Waals surface area contributed by atoms with Crippen LogP contribution in [0.4, 0.5) is 4.39 Å². The van der Waals surface area contributed by atoms with Gasteiger partial charge in [-0.2, -0.15) is 5.26 Å². The fourth-order valence-corrected chi connectivity index (χ4v) is 2.84. The maximum absolute atomic E-state index is 13.9. The normalized spacial score (nSPS) is 11.0. The monoisotopic (exact) mass is 334 g/mol. The fourth-order valence-electron chi connectivity index (χ4n) is 2.14. The lowest BCUT2D eigenvalue weighted by molar-refractivity contribution is 0.331. The topological polar surface area (TPSA) is 93.2 Å². The van der Waals surface area contributed by atoms with E-state index >= 15 is 0 Å². The van der Waals surface area contributed by atoms with Gasteiger partial charge in [0, 0.05) is 5.56 Å². The molecule has 0 aliphatic carbocycles. The molecular weight excluding hydrogens is 319 g/mol. The van der Waals surface area contributed by atoms with Crippen LogP contribution in [-0.2, 0) is 16.4 Å². The standard InChI is InChI=1S/C16H15FN2O3S/c1-2-22-15-6-5-13(10-16(15)23(19,20)21)12-4-3-11(7-8-18)14(17)9-12/h3-6,9-10H,2,7H2,1H3,(H2,19,20,21). The first-order chi connectivity index (χ1) is 10.9. The Morgan fingerprint density at radius 1 is 1.22 bits per heavy atom. The second kappa shape index (κ2) is 6.77. The van der Waals surface area contributed by atoms with Gasteiger partial charge in [-0.3, -0.25) is 0 Å². The van der Waals surface area contributed by atoms with Crippen molar-refractivity contribution in [2.45, 2.75) is 18.2 Å². The molecule has 0 saturated carbocycles. The Balaban J connectivity index is 2.53. The van der Waals surface area contributed by atoms with Gasteiger partial charge in [-0.25, -0.2) is 17.9 Å². The SMILES string of the molecule is CCOc1ccc(-c2ccc(CC#N)c(F)c2)cc1S(N)(=O)=O. The summed E-state index contributed by atoms with van der Waals surface area (Å²) in [7, 11) is -3.97. The smallest absolute Gasteiger partial charge is 0.241 e. The van der Waals surface area contributed by atoms with Gasteiger partial charge in [0.05, 0.1) is 19.1 Å². The maximum Gasteiger partial charge on any atom is 0.241 e. The third-order valence-corrected chi connectivity index (χ3v) is 4.14. The fraction of sp³-hybridized carbons (Fsp3) is 0.188. The molecule has 0 aliphatic rings. The van der Waals surface area contributed by atoms with E-state index < -0.39 is 15.8 Å². The van der Waals surface area contributed by atoms with Crippen molar-refractivity contribution in [3.05, 3.63) is 47.8 Å². The van der Waals surface area contributed by atoms with E-state index in [1.54, 1.807) is 19.1 Å². The number of hydrogen-bond donors (Lipinski definition) is 1. The average molecular weight is 334 g/mol. The van der Waals surface area contributed by atoms with Gasteiger partial charge in [0.2, 0.25) is 10.0 Å². The van der Waals surface area contributed by atoms with Gasteiger partial charge in [0.1, 0.15) is 16.5 Å². The van der Waals surface area contributed by atoms with Gasteiger partial charge >= 0.3 is 0 Å². The molecule has 0 spiro atoms. The highest BCUT2D eigenvalue weighted by molar-refractivity contribution is 7.89. The van der Waals surface area contributed by atoms with Crippen LogP contribution in [0.1, 0.15) is 12.5 Å². The van der Waals surface area contributed by atoms with E-state index in [2.05, 4.69) is 0 Å². The molecule has 0 unspecified atom stereocenters. The van der Waals surface area contributed by atoms with Crippen LogP contribution in [0.2, 0.25) is 0 Å². The van der Waals surface area contributed by atoms with E-state index in [-0.39, 0.29) is 22.6 Å². The van der Waals surface area contributed by atoms with E-state index in [0.29, 0.717) is 17.7 Å². The summed E-state index contributed by atoms with van der Waals surface area (Å²) in [6, 6.07) is 10.7. The number of primary sulfonamides is 1. The van der Waals surface area contributed by atoms with E-state index in [4.69, 9.17) is 15.1 Å². The number of hydrogen-bond acceptors (Lipinski definition) is 4. The molecule has 0 fully saturated rings. The van der Waals surface area contributed by atoms with Gasteiger partial charge < -0.3 is 4.74 Å². The molecule has 23 heavy (non-hydrogen) atoms. The highest BCUT2D eigenvalue weighted by atomic mass is 32.2. The lowest BCUT2D eigenvalue weighted by Crippen LogP contribution is -2.14. The first-order valence-electron chi connectivity index (χ1n) is 6.82. The second-order valence-electron chi connectivity index (χ2n) is 4.78. The molecule has 0 amide bonds. The van der Waals surface area contributed by atoms with Crippen LogP contribution in [0.25, 0.3) is 11.1 Å². The zero-order valence-corrected chi connectivity index (χ0v) is 13.2. The lowest BCUT2D eigenvalue weighted by Gasteiger charge is -2.11. The molecule has 0 radical (unpaired) electrons. The summed E-state index contributed by atoms with van der Waals surface area (Å²) in [5.41, 5.74) is 1.26. The highest BCUT2D eigenvalue weighted by Crippen LogP contribution is 2.30. The van der Waals surface area contributed by atoms with Crippen LogP contribution in [0.5, 0.6) is 5.75 Å². The van der Waals surface area contributed by atoms with Crippen LogP contribution in [0, 0.1) is 17.1 Å². The number of benzene rings is 2. The molecule has 120 valence electrons. The summed E-state index contributed by atoms with van der Waals surface area (Å²) >= 11 is 0. The molecule has 7 heteroatoms. The van der Waals surface area contributed by atoms with Crippen molar-refractivity contribution in [2.24, 2.45) is 5.14 Å². The molecule has 0 aromatic heterocycles. The van der Waals surface area contributed by atoms with E-state index in [0.717, 1.165) is 0 Å². The Bertz CT molecular complexity index is 873. The second-order valence-corrected chi connectivity index (χ2v) is 6.31. The Morgan fingerprint density at radius 2 is 1.87 bits per heavy atom. The van der Waals surface area contributed by atoms with Gasteiger partial charge in [-0.1, -0.05) is 18.2 Å². The number of nitrogens with zero attached hydrogens (tertiary/aromatic N) is 1. The summed E-state index contributed by atoms with van der Waals surface area (Å²) < 4.78 is 42.6. The summed E-state index contributed by atoms with van der Waals surface area (Å²) in [5.74, 6) is -0.365. The number of rotatable bonds is 5. The number of sulfonamides is 1. The molecule has 0 atom stereocenters. The molecule has 0 bridgehead atoms. The minimum atomic E-state index is -3.97.